The summed E-state index contributed by atoms with van der Waals surface area (Å²) in [6.07, 6.45) is 5.32. The van der Waals surface area contributed by atoms with Crippen molar-refractivity contribution in [1.29, 1.82) is 0 Å². The third-order valence-corrected chi connectivity index (χ3v) is 7.80. The second-order valence-electron chi connectivity index (χ2n) is 10.0. The van der Waals surface area contributed by atoms with Gasteiger partial charge in [-0.3, -0.25) is 23.6 Å². The average molecular weight is 525 g/mol. The van der Waals surface area contributed by atoms with Crippen molar-refractivity contribution in [2.45, 2.75) is 33.5 Å². The molecule has 0 saturated heterocycles. The lowest BCUT2D eigenvalue weighted by Gasteiger charge is -2.13. The van der Waals surface area contributed by atoms with E-state index in [9.17, 15) is 9.59 Å². The van der Waals surface area contributed by atoms with Crippen molar-refractivity contribution in [3.63, 3.8) is 0 Å². The van der Waals surface area contributed by atoms with Crippen LogP contribution in [0.5, 0.6) is 0 Å². The van der Waals surface area contributed by atoms with Crippen LogP contribution in [0.4, 0.5) is 0 Å². The predicted octanol–water partition coefficient (Wildman–Crippen LogP) is 4.73. The number of thiophene rings is 1. The number of pyridine rings is 1. The van der Waals surface area contributed by atoms with Gasteiger partial charge in [-0.2, -0.15) is 5.10 Å². The maximum absolute atomic E-state index is 14.1. The summed E-state index contributed by atoms with van der Waals surface area (Å²) in [6, 6.07) is 15.9. The Morgan fingerprint density at radius 1 is 0.974 bits per heavy atom. The number of fused-ring (bicyclic) bond motifs is 2. The third kappa shape index (κ3) is 4.09. The summed E-state index contributed by atoms with van der Waals surface area (Å²) in [7, 11) is 1.96. The van der Waals surface area contributed by atoms with Crippen molar-refractivity contribution in [2.75, 3.05) is 0 Å². The van der Waals surface area contributed by atoms with Gasteiger partial charge in [-0.15, -0.1) is 11.3 Å². The molecule has 0 spiro atoms. The molecule has 192 valence electrons. The van der Waals surface area contributed by atoms with Crippen molar-refractivity contribution in [3.8, 4) is 11.4 Å². The average Bonchev–Trinajstić information content (AvgIpc) is 3.62. The Bertz CT molecular complexity index is 1890. The molecule has 0 N–H and O–H groups in total. The second-order valence-corrected chi connectivity index (χ2v) is 10.9. The van der Waals surface area contributed by atoms with Crippen LogP contribution in [0.15, 0.2) is 82.1 Å². The van der Waals surface area contributed by atoms with E-state index in [-0.39, 0.29) is 23.7 Å². The molecule has 5 aromatic heterocycles. The lowest BCUT2D eigenvalue weighted by atomic mass is 10.1. The molecule has 8 nitrogen and oxygen atoms in total. The molecule has 1 aromatic carbocycles. The van der Waals surface area contributed by atoms with E-state index in [1.807, 2.05) is 58.9 Å². The van der Waals surface area contributed by atoms with Crippen molar-refractivity contribution < 1.29 is 0 Å². The fourth-order valence-corrected chi connectivity index (χ4v) is 5.99. The number of rotatable bonds is 7. The summed E-state index contributed by atoms with van der Waals surface area (Å²) < 4.78 is 8.06. The van der Waals surface area contributed by atoms with Crippen LogP contribution in [-0.2, 0) is 26.7 Å². The first-order valence-electron chi connectivity index (χ1n) is 12.6. The van der Waals surface area contributed by atoms with E-state index < -0.39 is 0 Å². The summed E-state index contributed by atoms with van der Waals surface area (Å²) in [6.45, 7) is 5.19. The Morgan fingerprint density at radius 3 is 2.55 bits per heavy atom. The predicted molar refractivity (Wildman–Crippen MR) is 152 cm³/mol. The number of hydrogen-bond acceptors (Lipinski definition) is 5. The molecule has 0 bridgehead atoms. The van der Waals surface area contributed by atoms with Crippen molar-refractivity contribution in [2.24, 2.45) is 13.0 Å². The van der Waals surface area contributed by atoms with Crippen LogP contribution >= 0.6 is 11.3 Å². The maximum Gasteiger partial charge on any atom is 0.333 e. The van der Waals surface area contributed by atoms with Crippen LogP contribution in [0.3, 0.4) is 0 Å². The van der Waals surface area contributed by atoms with E-state index in [1.54, 1.807) is 28.3 Å². The monoisotopic (exact) mass is 524 g/mol. The van der Waals surface area contributed by atoms with Crippen LogP contribution in [0.2, 0.25) is 0 Å². The second kappa shape index (κ2) is 9.57. The largest absolute Gasteiger partial charge is 0.349 e. The molecule has 0 unspecified atom stereocenters. The Kier molecular flexibility index (Phi) is 6.07. The molecule has 9 heteroatoms. The zero-order valence-corrected chi connectivity index (χ0v) is 22.4. The summed E-state index contributed by atoms with van der Waals surface area (Å²) in [5.74, 6) is 0.185. The van der Waals surface area contributed by atoms with Crippen molar-refractivity contribution in [3.05, 3.63) is 104 Å². The van der Waals surface area contributed by atoms with Crippen molar-refractivity contribution in [1.82, 2.24) is 28.5 Å². The minimum atomic E-state index is -0.357. The third-order valence-electron chi connectivity index (χ3n) is 6.79. The topological polar surface area (TPSA) is 79.6 Å². The molecule has 6 aromatic rings. The number of aromatic nitrogens is 6. The smallest absolute Gasteiger partial charge is 0.333 e. The van der Waals surface area contributed by atoms with Crippen LogP contribution in [0.1, 0.15) is 25.0 Å². The number of aryl methyl sites for hydroxylation is 1. The Hall–Kier alpha value is -4.24. The molecular weight excluding hydrogens is 496 g/mol. The van der Waals surface area contributed by atoms with E-state index in [0.29, 0.717) is 29.8 Å². The van der Waals surface area contributed by atoms with Gasteiger partial charge in [-0.25, -0.2) is 4.79 Å². The number of nitrogens with zero attached hydrogens (tertiary/aromatic N) is 6. The molecule has 0 atom stereocenters. The maximum atomic E-state index is 14.1. The van der Waals surface area contributed by atoms with Crippen molar-refractivity contribution >= 4 is 32.5 Å². The number of benzene rings is 1. The van der Waals surface area contributed by atoms with Gasteiger partial charge < -0.3 is 4.57 Å². The summed E-state index contributed by atoms with van der Waals surface area (Å²) in [5, 5.41) is 8.73. The fraction of sp³-hybridized carbons (Fsp3) is 0.241. The number of hydrogen-bond donors (Lipinski definition) is 0. The molecular formula is C29H28N6O2S. The SMILES string of the molecule is CC(C)Cn1c(=O)n(Cc2cccnc2)c(=O)c2c(-c3cccn3C)n(Cc3csc4ccccc34)nc21. The first-order chi connectivity index (χ1) is 18.4. The first kappa shape index (κ1) is 24.1. The Balaban J connectivity index is 1.65. The van der Waals surface area contributed by atoms with Gasteiger partial charge in [0.2, 0.25) is 0 Å². The molecule has 0 aliphatic carbocycles. The van der Waals surface area contributed by atoms with Crippen LogP contribution in [0, 0.1) is 5.92 Å². The van der Waals surface area contributed by atoms with Crippen LogP contribution in [0.25, 0.3) is 32.5 Å². The lowest BCUT2D eigenvalue weighted by molar-refractivity contribution is 0.492. The molecule has 0 aliphatic heterocycles. The van der Waals surface area contributed by atoms with Gasteiger partial charge in [0, 0.05) is 36.9 Å². The Labute approximate surface area is 223 Å². The van der Waals surface area contributed by atoms with E-state index in [0.717, 1.165) is 16.8 Å². The Morgan fingerprint density at radius 2 is 1.82 bits per heavy atom. The van der Waals surface area contributed by atoms with E-state index in [4.69, 9.17) is 5.10 Å². The normalized spacial score (nSPS) is 11.8. The molecule has 5 heterocycles. The lowest BCUT2D eigenvalue weighted by Crippen LogP contribution is -2.41. The first-order valence-corrected chi connectivity index (χ1v) is 13.5. The molecule has 6 rings (SSSR count). The van der Waals surface area contributed by atoms with Crippen LogP contribution < -0.4 is 11.2 Å². The van der Waals surface area contributed by atoms with E-state index >= 15 is 0 Å². The fourth-order valence-electron chi connectivity index (χ4n) is 5.04. The highest BCUT2D eigenvalue weighted by atomic mass is 32.1. The zero-order chi connectivity index (χ0) is 26.4. The quantitative estimate of drug-likeness (QED) is 0.303. The summed E-state index contributed by atoms with van der Waals surface area (Å²) in [5.41, 5.74) is 3.22. The van der Waals surface area contributed by atoms with Gasteiger partial charge in [0.25, 0.3) is 5.56 Å². The van der Waals surface area contributed by atoms with Gasteiger partial charge in [-0.1, -0.05) is 38.1 Å². The highest BCUT2D eigenvalue weighted by Crippen LogP contribution is 2.31. The minimum absolute atomic E-state index is 0.145. The zero-order valence-electron chi connectivity index (χ0n) is 21.5. The van der Waals surface area contributed by atoms with Gasteiger partial charge in [-0.05, 0) is 52.1 Å². The summed E-state index contributed by atoms with van der Waals surface area (Å²) >= 11 is 1.69. The molecule has 38 heavy (non-hydrogen) atoms. The molecule has 0 aliphatic rings. The van der Waals surface area contributed by atoms with E-state index in [2.05, 4.69) is 36.3 Å². The molecule has 0 radical (unpaired) electrons. The summed E-state index contributed by atoms with van der Waals surface area (Å²) in [4.78, 5) is 32.0. The molecule has 0 amide bonds. The molecule has 0 fully saturated rings. The van der Waals surface area contributed by atoms with Gasteiger partial charge in [0.1, 0.15) is 11.1 Å². The van der Waals surface area contributed by atoms with Crippen LogP contribution in [-0.4, -0.2) is 28.5 Å². The minimum Gasteiger partial charge on any atom is -0.349 e. The highest BCUT2D eigenvalue weighted by molar-refractivity contribution is 7.17. The van der Waals surface area contributed by atoms with E-state index in [1.165, 1.54) is 14.7 Å². The standard InChI is InChI=1S/C29H28N6O2S/c1-19(2)15-33-27-25(28(36)34(29(33)37)16-20-8-6-12-30-14-20)26(23-10-7-13-32(23)3)35(31-27)17-21-18-38-24-11-5-4-9-22(21)24/h4-14,18-19H,15-17H2,1-3H3. The van der Waals surface area contributed by atoms with Gasteiger partial charge in [0.05, 0.1) is 18.8 Å². The van der Waals surface area contributed by atoms with Gasteiger partial charge in [0.15, 0.2) is 5.65 Å². The highest BCUT2D eigenvalue weighted by Gasteiger charge is 2.25. The van der Waals surface area contributed by atoms with Gasteiger partial charge >= 0.3 is 5.69 Å². The molecule has 0 saturated carbocycles.